The summed E-state index contributed by atoms with van der Waals surface area (Å²) in [6.45, 7) is 3.85. The third kappa shape index (κ3) is 3.71. The number of fused-ring (bicyclic) bond motifs is 1. The van der Waals surface area contributed by atoms with Crippen LogP contribution in [0.2, 0.25) is 0 Å². The van der Waals surface area contributed by atoms with Crippen LogP contribution in [0.4, 0.5) is 5.69 Å². The van der Waals surface area contributed by atoms with Crippen LogP contribution in [0.5, 0.6) is 0 Å². The van der Waals surface area contributed by atoms with Gasteiger partial charge in [0, 0.05) is 23.2 Å². The van der Waals surface area contributed by atoms with Crippen molar-refractivity contribution in [1.82, 2.24) is 5.43 Å². The van der Waals surface area contributed by atoms with E-state index < -0.39 is 0 Å². The monoisotopic (exact) mass is 356 g/mol. The minimum absolute atomic E-state index is 0.109. The van der Waals surface area contributed by atoms with Gasteiger partial charge in [-0.05, 0) is 56.6 Å². The van der Waals surface area contributed by atoms with Gasteiger partial charge in [-0.2, -0.15) is 5.10 Å². The van der Waals surface area contributed by atoms with Gasteiger partial charge in [-0.15, -0.1) is 0 Å². The summed E-state index contributed by atoms with van der Waals surface area (Å²) in [6.07, 6.45) is 2.46. The topological polar surface area (TPSA) is 92.6 Å². The van der Waals surface area contributed by atoms with Crippen LogP contribution in [0.25, 0.3) is 0 Å². The van der Waals surface area contributed by atoms with Gasteiger partial charge >= 0.3 is 0 Å². The SMILES string of the molecule is Cc1cccc(NC(=O)c2oc3c(c2C)/C(=N/NC(N)=S)CCC3)c1. The molecule has 130 valence electrons. The number of carbonyl (C=O) groups excluding carboxylic acids is 1. The largest absolute Gasteiger partial charge is 0.455 e. The zero-order valence-electron chi connectivity index (χ0n) is 14.2. The van der Waals surface area contributed by atoms with Gasteiger partial charge < -0.3 is 15.5 Å². The maximum atomic E-state index is 12.6. The molecule has 0 radical (unpaired) electrons. The molecule has 25 heavy (non-hydrogen) atoms. The van der Waals surface area contributed by atoms with Crippen molar-refractivity contribution in [1.29, 1.82) is 0 Å². The van der Waals surface area contributed by atoms with Gasteiger partial charge in [0.25, 0.3) is 5.91 Å². The number of hydrogen-bond acceptors (Lipinski definition) is 4. The number of benzene rings is 1. The molecule has 1 aliphatic rings. The van der Waals surface area contributed by atoms with E-state index in [1.165, 1.54) is 0 Å². The van der Waals surface area contributed by atoms with Crippen molar-refractivity contribution in [2.24, 2.45) is 10.8 Å². The van der Waals surface area contributed by atoms with Crippen molar-refractivity contribution >= 4 is 34.6 Å². The van der Waals surface area contributed by atoms with E-state index in [2.05, 4.69) is 15.8 Å². The van der Waals surface area contributed by atoms with Gasteiger partial charge in [-0.25, -0.2) is 0 Å². The number of thiocarbonyl (C=S) groups is 1. The molecule has 0 spiro atoms. The summed E-state index contributed by atoms with van der Waals surface area (Å²) < 4.78 is 5.85. The second-order valence-electron chi connectivity index (χ2n) is 6.07. The Labute approximate surface area is 151 Å². The Morgan fingerprint density at radius 3 is 2.84 bits per heavy atom. The molecule has 6 nitrogen and oxygen atoms in total. The minimum atomic E-state index is -0.265. The van der Waals surface area contributed by atoms with Crippen LogP contribution >= 0.6 is 12.2 Å². The lowest BCUT2D eigenvalue weighted by Crippen LogP contribution is -2.26. The second-order valence-corrected chi connectivity index (χ2v) is 6.51. The quantitative estimate of drug-likeness (QED) is 0.581. The normalized spacial score (nSPS) is 14.9. The van der Waals surface area contributed by atoms with Crippen LogP contribution < -0.4 is 16.5 Å². The second kappa shape index (κ2) is 7.06. The molecular weight excluding hydrogens is 336 g/mol. The predicted molar refractivity (Wildman–Crippen MR) is 102 cm³/mol. The van der Waals surface area contributed by atoms with Crippen LogP contribution in [0.1, 0.15) is 45.8 Å². The number of hydrazone groups is 1. The first-order chi connectivity index (χ1) is 12.0. The number of carbonyl (C=O) groups is 1. The summed E-state index contributed by atoms with van der Waals surface area (Å²) in [6, 6.07) is 7.64. The number of nitrogens with one attached hydrogen (secondary N) is 2. The fraction of sp³-hybridized carbons (Fsp3) is 0.278. The lowest BCUT2D eigenvalue weighted by Gasteiger charge is -2.13. The summed E-state index contributed by atoms with van der Waals surface area (Å²) in [5.41, 5.74) is 12.4. The van der Waals surface area contributed by atoms with Crippen LogP contribution in [0.3, 0.4) is 0 Å². The first-order valence-electron chi connectivity index (χ1n) is 8.08. The molecule has 2 aromatic rings. The van der Waals surface area contributed by atoms with Crippen LogP contribution in [-0.2, 0) is 6.42 Å². The molecule has 0 fully saturated rings. The van der Waals surface area contributed by atoms with Gasteiger partial charge in [-0.1, -0.05) is 12.1 Å². The van der Waals surface area contributed by atoms with Crippen molar-refractivity contribution in [3.8, 4) is 0 Å². The average molecular weight is 356 g/mol. The summed E-state index contributed by atoms with van der Waals surface area (Å²) in [4.78, 5) is 12.6. The smallest absolute Gasteiger partial charge is 0.291 e. The molecule has 7 heteroatoms. The lowest BCUT2D eigenvalue weighted by molar-refractivity contribution is 0.0994. The molecular formula is C18H20N4O2S. The summed E-state index contributed by atoms with van der Waals surface area (Å²) in [5.74, 6) is 0.831. The number of aryl methyl sites for hydroxylation is 2. The minimum Gasteiger partial charge on any atom is -0.455 e. The van der Waals surface area contributed by atoms with Crippen molar-refractivity contribution in [2.45, 2.75) is 33.1 Å². The number of nitrogens with two attached hydrogens (primary N) is 1. The Balaban J connectivity index is 1.90. The van der Waals surface area contributed by atoms with Gasteiger partial charge in [-0.3, -0.25) is 10.2 Å². The fourth-order valence-corrected chi connectivity index (χ4v) is 3.08. The van der Waals surface area contributed by atoms with E-state index in [4.69, 9.17) is 22.4 Å². The fourth-order valence-electron chi connectivity index (χ4n) is 3.03. The van der Waals surface area contributed by atoms with Crippen molar-refractivity contribution < 1.29 is 9.21 Å². The molecule has 1 aromatic heterocycles. The zero-order chi connectivity index (χ0) is 18.0. The molecule has 1 heterocycles. The van der Waals surface area contributed by atoms with Gasteiger partial charge in [0.05, 0.1) is 5.71 Å². The Morgan fingerprint density at radius 2 is 2.12 bits per heavy atom. The maximum absolute atomic E-state index is 12.6. The third-order valence-corrected chi connectivity index (χ3v) is 4.20. The molecule has 1 aromatic carbocycles. The number of hydrogen-bond donors (Lipinski definition) is 3. The lowest BCUT2D eigenvalue weighted by atomic mass is 9.93. The first kappa shape index (κ1) is 17.2. The maximum Gasteiger partial charge on any atom is 0.291 e. The molecule has 0 aliphatic heterocycles. The van der Waals surface area contributed by atoms with Crippen LogP contribution in [0, 0.1) is 13.8 Å². The molecule has 0 atom stereocenters. The number of nitrogens with zero attached hydrogens (tertiary/aromatic N) is 1. The zero-order valence-corrected chi connectivity index (χ0v) is 15.0. The molecule has 0 saturated carbocycles. The first-order valence-corrected chi connectivity index (χ1v) is 8.49. The number of anilines is 1. The Morgan fingerprint density at radius 1 is 1.32 bits per heavy atom. The highest BCUT2D eigenvalue weighted by Gasteiger charge is 2.28. The molecule has 0 saturated heterocycles. The van der Waals surface area contributed by atoms with E-state index >= 15 is 0 Å². The Bertz CT molecular complexity index is 870. The van der Waals surface area contributed by atoms with E-state index in [0.29, 0.717) is 5.76 Å². The molecule has 0 unspecified atom stereocenters. The highest BCUT2D eigenvalue weighted by Crippen LogP contribution is 2.30. The van der Waals surface area contributed by atoms with E-state index in [0.717, 1.165) is 53.1 Å². The summed E-state index contributed by atoms with van der Waals surface area (Å²) in [5, 5.41) is 7.26. The molecule has 1 amide bonds. The third-order valence-electron chi connectivity index (χ3n) is 4.11. The highest BCUT2D eigenvalue weighted by molar-refractivity contribution is 7.80. The van der Waals surface area contributed by atoms with Crippen LogP contribution in [-0.4, -0.2) is 16.7 Å². The van der Waals surface area contributed by atoms with Crippen molar-refractivity contribution in [2.75, 3.05) is 5.32 Å². The van der Waals surface area contributed by atoms with Gasteiger partial charge in [0.2, 0.25) is 0 Å². The van der Waals surface area contributed by atoms with E-state index in [9.17, 15) is 4.79 Å². The molecule has 0 bridgehead atoms. The van der Waals surface area contributed by atoms with Gasteiger partial charge in [0.15, 0.2) is 10.9 Å². The number of furan rings is 1. The summed E-state index contributed by atoms with van der Waals surface area (Å²) in [7, 11) is 0. The van der Waals surface area contributed by atoms with Crippen molar-refractivity contribution in [3.63, 3.8) is 0 Å². The highest BCUT2D eigenvalue weighted by atomic mass is 32.1. The predicted octanol–water partition coefficient (Wildman–Crippen LogP) is 3.02. The number of rotatable bonds is 3. The average Bonchev–Trinajstić information content (AvgIpc) is 2.91. The molecule has 3 rings (SSSR count). The van der Waals surface area contributed by atoms with Crippen molar-refractivity contribution in [3.05, 3.63) is 52.5 Å². The Kier molecular flexibility index (Phi) is 4.85. The molecule has 4 N–H and O–H groups in total. The summed E-state index contributed by atoms with van der Waals surface area (Å²) >= 11 is 4.80. The number of amides is 1. The van der Waals surface area contributed by atoms with Crippen LogP contribution in [0.15, 0.2) is 33.8 Å². The standard InChI is InChI=1S/C18H20N4O2S/c1-10-5-3-6-12(9-10)20-17(23)16-11(2)15-13(21-22-18(19)25)7-4-8-14(15)24-16/h3,5-6,9H,4,7-8H2,1-2H3,(H,20,23)(H3,19,22,25)/b21-13+. The van der Waals surface area contributed by atoms with E-state index in [1.807, 2.05) is 38.1 Å². The van der Waals surface area contributed by atoms with Gasteiger partial charge in [0.1, 0.15) is 5.76 Å². The van der Waals surface area contributed by atoms with E-state index in [1.54, 1.807) is 0 Å². The Hall–Kier alpha value is -2.67. The molecule has 1 aliphatic carbocycles. The van der Waals surface area contributed by atoms with E-state index in [-0.39, 0.29) is 11.0 Å².